The van der Waals surface area contributed by atoms with Gasteiger partial charge in [0.25, 0.3) is 0 Å². The Morgan fingerprint density at radius 3 is 2.24 bits per heavy atom. The van der Waals surface area contributed by atoms with Crippen LogP contribution in [0.4, 0.5) is 8.78 Å². The monoisotopic (exact) mass is 363 g/mol. The summed E-state index contributed by atoms with van der Waals surface area (Å²) in [5.41, 5.74) is 1.77. The van der Waals surface area contributed by atoms with E-state index >= 15 is 0 Å². The second kappa shape index (κ2) is 7.12. The molecule has 5 nitrogen and oxygen atoms in total. The summed E-state index contributed by atoms with van der Waals surface area (Å²) in [5.74, 6) is -1.88. The molecule has 25 heavy (non-hydrogen) atoms. The van der Waals surface area contributed by atoms with E-state index in [1.54, 1.807) is 24.7 Å². The smallest absolute Gasteiger partial charge is 0.241 e. The number of benzene rings is 2. The quantitative estimate of drug-likeness (QED) is 0.732. The van der Waals surface area contributed by atoms with Crippen LogP contribution in [0.1, 0.15) is 11.1 Å². The van der Waals surface area contributed by atoms with Crippen LogP contribution in [-0.2, 0) is 23.1 Å². The van der Waals surface area contributed by atoms with E-state index < -0.39 is 26.6 Å². The minimum absolute atomic E-state index is 0.0197. The van der Waals surface area contributed by atoms with Crippen LogP contribution in [0.5, 0.6) is 0 Å². The van der Waals surface area contributed by atoms with Crippen molar-refractivity contribution in [1.29, 1.82) is 0 Å². The third-order valence-electron chi connectivity index (χ3n) is 3.56. The summed E-state index contributed by atoms with van der Waals surface area (Å²) in [6.45, 7) is 0.681. The number of nitrogens with zero attached hydrogens (tertiary/aromatic N) is 2. The minimum atomic E-state index is -4.00. The maximum Gasteiger partial charge on any atom is 0.241 e. The molecule has 1 heterocycles. The number of rotatable bonds is 6. The predicted molar refractivity (Wildman–Crippen MR) is 88.2 cm³/mol. The van der Waals surface area contributed by atoms with Gasteiger partial charge in [-0.3, -0.25) is 0 Å². The van der Waals surface area contributed by atoms with Gasteiger partial charge in [0.2, 0.25) is 10.0 Å². The van der Waals surface area contributed by atoms with Gasteiger partial charge in [-0.05, 0) is 23.3 Å². The molecule has 0 aliphatic heterocycles. The molecule has 0 saturated carbocycles. The molecule has 0 saturated heterocycles. The summed E-state index contributed by atoms with van der Waals surface area (Å²) in [6, 6.07) is 9.52. The molecule has 0 unspecified atom stereocenters. The molecule has 0 bridgehead atoms. The first-order valence-corrected chi connectivity index (χ1v) is 8.90. The molecule has 0 atom stereocenters. The number of halogens is 2. The van der Waals surface area contributed by atoms with Crippen molar-refractivity contribution in [1.82, 2.24) is 14.3 Å². The molecule has 0 fully saturated rings. The van der Waals surface area contributed by atoms with Crippen LogP contribution in [0.2, 0.25) is 0 Å². The van der Waals surface area contributed by atoms with E-state index in [9.17, 15) is 17.2 Å². The van der Waals surface area contributed by atoms with Gasteiger partial charge in [0.15, 0.2) is 0 Å². The first-order chi connectivity index (χ1) is 11.9. The maximum atomic E-state index is 13.2. The van der Waals surface area contributed by atoms with Gasteiger partial charge in [0, 0.05) is 31.5 Å². The molecular formula is C17H15F2N3O2S. The van der Waals surface area contributed by atoms with Gasteiger partial charge in [-0.2, -0.15) is 0 Å². The number of aromatic nitrogens is 2. The number of hydrogen-bond donors (Lipinski definition) is 1. The van der Waals surface area contributed by atoms with E-state index in [4.69, 9.17) is 0 Å². The number of imidazole rings is 1. The molecule has 130 valence electrons. The Morgan fingerprint density at radius 1 is 1.00 bits per heavy atom. The maximum absolute atomic E-state index is 13.2. The van der Waals surface area contributed by atoms with E-state index in [1.807, 2.05) is 22.9 Å². The largest absolute Gasteiger partial charge is 0.333 e. The molecule has 0 aliphatic rings. The SMILES string of the molecule is O=S(=O)(NCc1ccc(Cn2ccnc2)cc1)c1cc(F)cc(F)c1. The molecule has 0 radical (unpaired) electrons. The fraction of sp³-hybridized carbons (Fsp3) is 0.118. The molecule has 8 heteroatoms. The second-order valence-electron chi connectivity index (χ2n) is 5.48. The van der Waals surface area contributed by atoms with Gasteiger partial charge in [0.05, 0.1) is 11.2 Å². The predicted octanol–water partition coefficient (Wildman–Crippen LogP) is 2.69. The molecular weight excluding hydrogens is 348 g/mol. The van der Waals surface area contributed by atoms with Crippen LogP contribution in [0.15, 0.2) is 66.1 Å². The summed E-state index contributed by atoms with van der Waals surface area (Å²) >= 11 is 0. The lowest BCUT2D eigenvalue weighted by Gasteiger charge is -2.08. The molecule has 1 aromatic heterocycles. The zero-order chi connectivity index (χ0) is 17.9. The zero-order valence-corrected chi connectivity index (χ0v) is 13.9. The van der Waals surface area contributed by atoms with Crippen molar-refractivity contribution < 1.29 is 17.2 Å². The lowest BCUT2D eigenvalue weighted by Crippen LogP contribution is -2.23. The van der Waals surface area contributed by atoms with Crippen molar-refractivity contribution in [2.45, 2.75) is 18.0 Å². The average molecular weight is 363 g/mol. The molecule has 0 amide bonds. The Balaban J connectivity index is 1.66. The highest BCUT2D eigenvalue weighted by Crippen LogP contribution is 2.14. The van der Waals surface area contributed by atoms with Gasteiger partial charge < -0.3 is 4.57 Å². The third kappa shape index (κ3) is 4.49. The Morgan fingerprint density at radius 2 is 1.64 bits per heavy atom. The van der Waals surface area contributed by atoms with Gasteiger partial charge in [-0.15, -0.1) is 0 Å². The van der Waals surface area contributed by atoms with Gasteiger partial charge in [-0.25, -0.2) is 26.9 Å². The summed E-state index contributed by atoms with van der Waals surface area (Å²) in [5, 5.41) is 0. The standard InChI is InChI=1S/C17H15F2N3O2S/c18-15-7-16(19)9-17(8-15)25(23,24)21-10-13-1-3-14(4-2-13)11-22-6-5-20-12-22/h1-9,12,21H,10-11H2. The van der Waals surface area contributed by atoms with Crippen molar-refractivity contribution in [3.8, 4) is 0 Å². The van der Waals surface area contributed by atoms with Crippen LogP contribution in [-0.4, -0.2) is 18.0 Å². The van der Waals surface area contributed by atoms with Gasteiger partial charge in [-0.1, -0.05) is 24.3 Å². The highest BCUT2D eigenvalue weighted by Gasteiger charge is 2.16. The number of sulfonamides is 1. The van der Waals surface area contributed by atoms with E-state index in [-0.39, 0.29) is 6.54 Å². The highest BCUT2D eigenvalue weighted by molar-refractivity contribution is 7.89. The molecule has 3 aromatic rings. The lowest BCUT2D eigenvalue weighted by molar-refractivity contribution is 0.561. The van der Waals surface area contributed by atoms with Crippen molar-refractivity contribution in [3.05, 3.63) is 83.9 Å². The first kappa shape index (κ1) is 17.2. The Hall–Kier alpha value is -2.58. The van der Waals surface area contributed by atoms with Gasteiger partial charge >= 0.3 is 0 Å². The Bertz CT molecular complexity index is 936. The zero-order valence-electron chi connectivity index (χ0n) is 13.1. The van der Waals surface area contributed by atoms with Crippen molar-refractivity contribution in [3.63, 3.8) is 0 Å². The lowest BCUT2D eigenvalue weighted by atomic mass is 10.1. The molecule has 1 N–H and O–H groups in total. The van der Waals surface area contributed by atoms with Crippen molar-refractivity contribution >= 4 is 10.0 Å². The van der Waals surface area contributed by atoms with E-state index in [0.717, 1.165) is 23.3 Å². The number of nitrogens with one attached hydrogen (secondary N) is 1. The fourth-order valence-electron chi connectivity index (χ4n) is 2.30. The van der Waals surface area contributed by atoms with E-state index in [2.05, 4.69) is 9.71 Å². The molecule has 2 aromatic carbocycles. The van der Waals surface area contributed by atoms with Crippen molar-refractivity contribution in [2.75, 3.05) is 0 Å². The first-order valence-electron chi connectivity index (χ1n) is 7.42. The van der Waals surface area contributed by atoms with E-state index in [0.29, 0.717) is 12.6 Å². The van der Waals surface area contributed by atoms with Crippen LogP contribution in [0.25, 0.3) is 0 Å². The summed E-state index contributed by atoms with van der Waals surface area (Å²) in [7, 11) is -4.00. The fourth-order valence-corrected chi connectivity index (χ4v) is 3.36. The molecule has 0 spiro atoms. The minimum Gasteiger partial charge on any atom is -0.333 e. The van der Waals surface area contributed by atoms with Crippen LogP contribution in [0, 0.1) is 11.6 Å². The van der Waals surface area contributed by atoms with E-state index in [1.165, 1.54) is 0 Å². The highest BCUT2D eigenvalue weighted by atomic mass is 32.2. The van der Waals surface area contributed by atoms with Crippen LogP contribution in [0.3, 0.4) is 0 Å². The van der Waals surface area contributed by atoms with Crippen LogP contribution < -0.4 is 4.72 Å². The normalized spacial score (nSPS) is 11.6. The molecule has 3 rings (SSSR count). The van der Waals surface area contributed by atoms with Crippen molar-refractivity contribution in [2.24, 2.45) is 0 Å². The second-order valence-corrected chi connectivity index (χ2v) is 7.25. The number of hydrogen-bond acceptors (Lipinski definition) is 3. The Labute approximate surface area is 144 Å². The summed E-state index contributed by atoms with van der Waals surface area (Å²) < 4.78 is 54.9. The topological polar surface area (TPSA) is 64.0 Å². The summed E-state index contributed by atoms with van der Waals surface area (Å²) in [6.07, 6.45) is 5.25. The van der Waals surface area contributed by atoms with Crippen LogP contribution >= 0.6 is 0 Å². The van der Waals surface area contributed by atoms with Gasteiger partial charge in [0.1, 0.15) is 11.6 Å². The average Bonchev–Trinajstić information content (AvgIpc) is 3.06. The third-order valence-corrected chi connectivity index (χ3v) is 4.94. The molecule has 0 aliphatic carbocycles. The summed E-state index contributed by atoms with van der Waals surface area (Å²) in [4.78, 5) is 3.52. The Kier molecular flexibility index (Phi) is 4.91.